The number of benzene rings is 2. The van der Waals surface area contributed by atoms with Crippen molar-refractivity contribution in [2.24, 2.45) is 0 Å². The highest BCUT2D eigenvalue weighted by Crippen LogP contribution is 2.35. The molecule has 2 aliphatic rings. The van der Waals surface area contributed by atoms with Crippen molar-refractivity contribution in [1.29, 1.82) is 0 Å². The zero-order chi connectivity index (χ0) is 19.0. The highest BCUT2D eigenvalue weighted by Gasteiger charge is 2.36. The van der Waals surface area contributed by atoms with Crippen molar-refractivity contribution in [3.63, 3.8) is 0 Å². The Morgan fingerprint density at radius 3 is 2.70 bits per heavy atom. The van der Waals surface area contributed by atoms with E-state index in [1.54, 1.807) is 24.3 Å². The van der Waals surface area contributed by atoms with Gasteiger partial charge in [0.1, 0.15) is 5.75 Å². The molecule has 0 aromatic heterocycles. The number of sulfonamides is 1. The number of anilines is 1. The van der Waals surface area contributed by atoms with Crippen LogP contribution in [-0.4, -0.2) is 33.2 Å². The predicted molar refractivity (Wildman–Crippen MR) is 103 cm³/mol. The lowest BCUT2D eigenvalue weighted by Crippen LogP contribution is -2.51. The number of carbonyl (C=O) groups excluding carboxylic acids is 1. The second-order valence-corrected chi connectivity index (χ2v) is 8.93. The molecule has 2 aromatic carbocycles. The van der Waals surface area contributed by atoms with E-state index in [4.69, 9.17) is 4.74 Å². The fourth-order valence-corrected chi connectivity index (χ4v) is 4.74. The van der Waals surface area contributed by atoms with Gasteiger partial charge in [0.2, 0.25) is 10.0 Å². The quantitative estimate of drug-likeness (QED) is 0.879. The molecule has 1 aliphatic heterocycles. The van der Waals surface area contributed by atoms with Gasteiger partial charge < -0.3 is 10.1 Å². The number of rotatable bonds is 3. The number of aryl methyl sites for hydroxylation is 1. The summed E-state index contributed by atoms with van der Waals surface area (Å²) in [4.78, 5) is 12.9. The third kappa shape index (κ3) is 3.51. The summed E-state index contributed by atoms with van der Waals surface area (Å²) in [6.07, 6.45) is 3.14. The zero-order valence-corrected chi connectivity index (χ0v) is 15.9. The fourth-order valence-electron chi connectivity index (χ4n) is 3.82. The van der Waals surface area contributed by atoms with Gasteiger partial charge in [0.25, 0.3) is 5.91 Å². The van der Waals surface area contributed by atoms with Gasteiger partial charge in [-0.05, 0) is 42.5 Å². The highest BCUT2D eigenvalue weighted by molar-refractivity contribution is 7.92. The monoisotopic (exact) mass is 386 g/mol. The van der Waals surface area contributed by atoms with Gasteiger partial charge in [0.05, 0.1) is 24.5 Å². The summed E-state index contributed by atoms with van der Waals surface area (Å²) in [6, 6.07) is 14.9. The number of para-hydroxylation sites is 2. The van der Waals surface area contributed by atoms with Gasteiger partial charge in [0.15, 0.2) is 6.10 Å². The van der Waals surface area contributed by atoms with Crippen LogP contribution in [0.25, 0.3) is 0 Å². The molecule has 0 saturated heterocycles. The van der Waals surface area contributed by atoms with Crippen LogP contribution in [0.5, 0.6) is 5.75 Å². The molecule has 0 spiro atoms. The minimum Gasteiger partial charge on any atom is -0.476 e. The minimum atomic E-state index is -3.51. The molecule has 4 rings (SSSR count). The van der Waals surface area contributed by atoms with Gasteiger partial charge in [0, 0.05) is 0 Å². The van der Waals surface area contributed by atoms with Gasteiger partial charge in [-0.2, -0.15) is 0 Å². The largest absolute Gasteiger partial charge is 0.476 e. The first-order chi connectivity index (χ1) is 12.9. The average molecular weight is 386 g/mol. The van der Waals surface area contributed by atoms with Gasteiger partial charge in [-0.3, -0.25) is 9.10 Å². The average Bonchev–Trinajstić information content (AvgIpc) is 2.66. The van der Waals surface area contributed by atoms with Crippen molar-refractivity contribution in [2.45, 2.75) is 31.4 Å². The SMILES string of the molecule is CS(=O)(=O)N1C[C@@H](C(=O)N[C@@H]2CCCc3ccccc32)Oc2ccccc21. The summed E-state index contributed by atoms with van der Waals surface area (Å²) >= 11 is 0. The smallest absolute Gasteiger partial charge is 0.263 e. The Morgan fingerprint density at radius 1 is 1.15 bits per heavy atom. The van der Waals surface area contributed by atoms with Crippen LogP contribution in [0, 0.1) is 0 Å². The molecule has 0 radical (unpaired) electrons. The first-order valence-electron chi connectivity index (χ1n) is 9.05. The van der Waals surface area contributed by atoms with Crippen LogP contribution in [0.2, 0.25) is 0 Å². The zero-order valence-electron chi connectivity index (χ0n) is 15.1. The number of fused-ring (bicyclic) bond motifs is 2. The number of carbonyl (C=O) groups is 1. The normalized spacial score (nSPS) is 21.6. The fraction of sp³-hybridized carbons (Fsp3) is 0.350. The number of hydrogen-bond acceptors (Lipinski definition) is 4. The molecule has 2 aromatic rings. The third-order valence-corrected chi connectivity index (χ3v) is 6.26. The van der Waals surface area contributed by atoms with Crippen LogP contribution in [0.15, 0.2) is 48.5 Å². The molecule has 0 fully saturated rings. The Morgan fingerprint density at radius 2 is 1.89 bits per heavy atom. The third-order valence-electron chi connectivity index (χ3n) is 5.11. The Kier molecular flexibility index (Phi) is 4.55. The maximum absolute atomic E-state index is 12.9. The van der Waals surface area contributed by atoms with Gasteiger partial charge in [-0.25, -0.2) is 8.42 Å². The molecule has 1 heterocycles. The Bertz CT molecular complexity index is 973. The molecule has 142 valence electrons. The first-order valence-corrected chi connectivity index (χ1v) is 10.9. The number of nitrogens with one attached hydrogen (secondary N) is 1. The first kappa shape index (κ1) is 17.9. The van der Waals surface area contributed by atoms with Gasteiger partial charge in [-0.15, -0.1) is 0 Å². The molecule has 0 unspecified atom stereocenters. The summed E-state index contributed by atoms with van der Waals surface area (Å²) in [6.45, 7) is -0.0317. The van der Waals surface area contributed by atoms with Crippen LogP contribution < -0.4 is 14.4 Å². The number of ether oxygens (including phenoxy) is 1. The van der Waals surface area contributed by atoms with Crippen molar-refractivity contribution in [3.8, 4) is 5.75 Å². The topological polar surface area (TPSA) is 75.7 Å². The standard InChI is InChI=1S/C20H22N2O4S/c1-27(24,25)22-13-19(26-18-12-5-4-11-17(18)22)20(23)21-16-10-6-8-14-7-2-3-9-15(14)16/h2-5,7,9,11-12,16,19H,6,8,10,13H2,1H3,(H,21,23)/t16-,19+/m1/s1. The second-order valence-electron chi connectivity index (χ2n) is 7.02. The van der Waals surface area contributed by atoms with E-state index in [9.17, 15) is 13.2 Å². The highest BCUT2D eigenvalue weighted by atomic mass is 32.2. The van der Waals surface area contributed by atoms with Crippen molar-refractivity contribution in [1.82, 2.24) is 5.32 Å². The lowest BCUT2D eigenvalue weighted by Gasteiger charge is -2.35. The van der Waals surface area contributed by atoms with E-state index in [0.717, 1.165) is 31.1 Å². The number of amides is 1. The van der Waals surface area contributed by atoms with Crippen molar-refractivity contribution in [3.05, 3.63) is 59.7 Å². The van der Waals surface area contributed by atoms with E-state index in [2.05, 4.69) is 11.4 Å². The summed E-state index contributed by atoms with van der Waals surface area (Å²) < 4.78 is 31.5. The maximum Gasteiger partial charge on any atom is 0.263 e. The molecule has 7 heteroatoms. The van der Waals surface area contributed by atoms with E-state index in [-0.39, 0.29) is 18.5 Å². The van der Waals surface area contributed by atoms with Crippen LogP contribution in [0.1, 0.15) is 30.0 Å². The van der Waals surface area contributed by atoms with Crippen LogP contribution in [-0.2, 0) is 21.2 Å². The van der Waals surface area contributed by atoms with E-state index in [1.807, 2.05) is 18.2 Å². The van der Waals surface area contributed by atoms with Crippen LogP contribution >= 0.6 is 0 Å². The molecule has 0 bridgehead atoms. The molecule has 27 heavy (non-hydrogen) atoms. The summed E-state index contributed by atoms with van der Waals surface area (Å²) in [5, 5.41) is 3.06. The summed E-state index contributed by atoms with van der Waals surface area (Å²) in [5.74, 6) is 0.109. The Balaban J connectivity index is 1.57. The Labute approximate surface area is 159 Å². The van der Waals surface area contributed by atoms with Crippen LogP contribution in [0.3, 0.4) is 0 Å². The number of nitrogens with zero attached hydrogens (tertiary/aromatic N) is 1. The molecular weight excluding hydrogens is 364 g/mol. The van der Waals surface area contributed by atoms with Crippen LogP contribution in [0.4, 0.5) is 5.69 Å². The minimum absolute atomic E-state index is 0.0317. The van der Waals surface area contributed by atoms with E-state index < -0.39 is 16.1 Å². The van der Waals surface area contributed by atoms with E-state index in [0.29, 0.717) is 11.4 Å². The molecule has 1 N–H and O–H groups in total. The Hall–Kier alpha value is -2.54. The molecule has 1 aliphatic carbocycles. The molecular formula is C20H22N2O4S. The van der Waals surface area contributed by atoms with Crippen molar-refractivity contribution >= 4 is 21.6 Å². The molecule has 2 atom stereocenters. The van der Waals surface area contributed by atoms with Gasteiger partial charge >= 0.3 is 0 Å². The summed E-state index contributed by atoms with van der Waals surface area (Å²) in [7, 11) is -3.51. The van der Waals surface area contributed by atoms with E-state index in [1.165, 1.54) is 9.87 Å². The maximum atomic E-state index is 12.9. The molecule has 6 nitrogen and oxygen atoms in total. The predicted octanol–water partition coefficient (Wildman–Crippen LogP) is 2.41. The second kappa shape index (κ2) is 6.88. The van der Waals surface area contributed by atoms with Crippen molar-refractivity contribution < 1.29 is 17.9 Å². The molecule has 0 saturated carbocycles. The lowest BCUT2D eigenvalue weighted by molar-refractivity contribution is -0.128. The van der Waals surface area contributed by atoms with Gasteiger partial charge in [-0.1, -0.05) is 36.4 Å². The van der Waals surface area contributed by atoms with Crippen molar-refractivity contribution in [2.75, 3.05) is 17.1 Å². The molecule has 1 amide bonds. The summed E-state index contributed by atoms with van der Waals surface area (Å²) in [5.41, 5.74) is 2.85. The van der Waals surface area contributed by atoms with E-state index >= 15 is 0 Å². The lowest BCUT2D eigenvalue weighted by atomic mass is 9.87. The number of hydrogen-bond donors (Lipinski definition) is 1.